The summed E-state index contributed by atoms with van der Waals surface area (Å²) in [5.41, 5.74) is 1.32. The number of nitrogens with zero attached hydrogens (tertiary/aromatic N) is 1. The number of fused-ring (bicyclic) bond motifs is 1. The second-order valence-corrected chi connectivity index (χ2v) is 7.44. The van der Waals surface area contributed by atoms with Crippen molar-refractivity contribution in [3.8, 4) is 11.5 Å². The van der Waals surface area contributed by atoms with Crippen molar-refractivity contribution in [3.63, 3.8) is 0 Å². The van der Waals surface area contributed by atoms with E-state index in [1.807, 2.05) is 6.07 Å². The highest BCUT2D eigenvalue weighted by molar-refractivity contribution is 7.39. The van der Waals surface area contributed by atoms with Crippen molar-refractivity contribution < 1.29 is 23.8 Å². The number of ether oxygens (including phenoxy) is 2. The first kappa shape index (κ1) is 17.9. The molecule has 2 aliphatic rings. The first-order valence-electron chi connectivity index (χ1n) is 8.27. The Balaban J connectivity index is 1.91. The van der Waals surface area contributed by atoms with Crippen molar-refractivity contribution in [2.24, 2.45) is 0 Å². The van der Waals surface area contributed by atoms with Gasteiger partial charge >= 0.3 is 8.60 Å². The number of likely N-dealkylation sites (N-methyl/N-ethyl adjacent to an activating group) is 1. The molecule has 3 unspecified atom stereocenters. The molecular weight excluding hydrogens is 329 g/mol. The second kappa shape index (κ2) is 7.14. The molecule has 0 spiro atoms. The van der Waals surface area contributed by atoms with Gasteiger partial charge in [0, 0.05) is 11.5 Å². The number of methoxy groups -OCH3 is 2. The minimum absolute atomic E-state index is 0.0574. The number of rotatable bonds is 5. The lowest BCUT2D eigenvalue weighted by Crippen LogP contribution is -2.47. The monoisotopic (exact) mass is 355 g/mol. The highest BCUT2D eigenvalue weighted by atomic mass is 31.2. The number of benzene rings is 1. The van der Waals surface area contributed by atoms with E-state index in [0.717, 1.165) is 43.7 Å². The minimum atomic E-state index is -2.30. The normalized spacial score (nSPS) is 30.4. The van der Waals surface area contributed by atoms with E-state index < -0.39 is 8.60 Å². The Morgan fingerprint density at radius 1 is 1.17 bits per heavy atom. The zero-order chi connectivity index (χ0) is 17.3. The lowest BCUT2D eigenvalue weighted by molar-refractivity contribution is 0.0639. The van der Waals surface area contributed by atoms with Crippen LogP contribution >= 0.6 is 8.60 Å². The molecule has 1 aromatic carbocycles. The Kier molecular flexibility index (Phi) is 5.33. The molecule has 1 saturated heterocycles. The molecule has 3 rings (SSSR count). The van der Waals surface area contributed by atoms with Crippen LogP contribution in [0.2, 0.25) is 0 Å². The van der Waals surface area contributed by atoms with Gasteiger partial charge in [-0.15, -0.1) is 0 Å². The maximum atomic E-state index is 9.17. The summed E-state index contributed by atoms with van der Waals surface area (Å²) < 4.78 is 16.2. The molecule has 0 aromatic heterocycles. The van der Waals surface area contributed by atoms with Crippen LogP contribution in [-0.4, -0.2) is 54.6 Å². The molecule has 2 fully saturated rings. The molecule has 1 aromatic rings. The first-order valence-corrected chi connectivity index (χ1v) is 9.44. The molecule has 1 heterocycles. The summed E-state index contributed by atoms with van der Waals surface area (Å²) in [4.78, 5) is 20.7. The van der Waals surface area contributed by atoms with E-state index in [0.29, 0.717) is 6.04 Å². The van der Waals surface area contributed by atoms with E-state index >= 15 is 0 Å². The van der Waals surface area contributed by atoms with Crippen LogP contribution in [-0.2, 0) is 9.94 Å². The van der Waals surface area contributed by atoms with Crippen molar-refractivity contribution in [3.05, 3.63) is 23.8 Å². The van der Waals surface area contributed by atoms with E-state index in [1.54, 1.807) is 14.2 Å². The number of likely N-dealkylation sites (tertiary alicyclic amines) is 1. The average molecular weight is 355 g/mol. The summed E-state index contributed by atoms with van der Waals surface area (Å²) in [6.07, 6.45) is 3.60. The molecule has 24 heavy (non-hydrogen) atoms. The fourth-order valence-electron chi connectivity index (χ4n) is 4.46. The molecule has 134 valence electrons. The fraction of sp³-hybridized carbons (Fsp3) is 0.647. The zero-order valence-corrected chi connectivity index (χ0v) is 15.3. The van der Waals surface area contributed by atoms with Gasteiger partial charge in [-0.1, -0.05) is 6.07 Å². The first-order chi connectivity index (χ1) is 11.5. The van der Waals surface area contributed by atoms with Crippen LogP contribution in [0.15, 0.2) is 18.2 Å². The van der Waals surface area contributed by atoms with Gasteiger partial charge in [0.25, 0.3) is 0 Å². The predicted molar refractivity (Wildman–Crippen MR) is 92.3 cm³/mol. The highest BCUT2D eigenvalue weighted by Crippen LogP contribution is 2.51. The third kappa shape index (κ3) is 3.14. The van der Waals surface area contributed by atoms with Crippen molar-refractivity contribution in [2.75, 3.05) is 27.8 Å². The molecule has 0 amide bonds. The van der Waals surface area contributed by atoms with Gasteiger partial charge in [-0.25, -0.2) is 0 Å². The molecule has 1 aliphatic carbocycles. The summed E-state index contributed by atoms with van der Waals surface area (Å²) in [6.45, 7) is 1.03. The average Bonchev–Trinajstić information content (AvgIpc) is 2.91. The van der Waals surface area contributed by atoms with Gasteiger partial charge in [0.05, 0.1) is 20.3 Å². The zero-order valence-electron chi connectivity index (χ0n) is 14.4. The van der Waals surface area contributed by atoms with Crippen molar-refractivity contribution in [1.82, 2.24) is 4.90 Å². The van der Waals surface area contributed by atoms with E-state index in [1.165, 1.54) is 5.56 Å². The Labute approximate surface area is 144 Å². The summed E-state index contributed by atoms with van der Waals surface area (Å²) in [6, 6.07) is 6.53. The molecule has 1 saturated carbocycles. The third-order valence-corrected chi connectivity index (χ3v) is 6.17. The Bertz CT molecular complexity index is 584. The molecule has 6 nitrogen and oxygen atoms in total. The Hall–Kier alpha value is -0.910. The quantitative estimate of drug-likeness (QED) is 0.791. The van der Waals surface area contributed by atoms with Crippen LogP contribution < -0.4 is 9.47 Å². The van der Waals surface area contributed by atoms with Gasteiger partial charge in [0.2, 0.25) is 0 Å². The van der Waals surface area contributed by atoms with Gasteiger partial charge in [-0.3, -0.25) is 0 Å². The van der Waals surface area contributed by atoms with Crippen molar-refractivity contribution in [2.45, 2.75) is 43.2 Å². The van der Waals surface area contributed by atoms with Gasteiger partial charge < -0.3 is 28.7 Å². The molecule has 0 radical (unpaired) electrons. The standard InChI is InChI=1S/C17H26NO5P/c1-18-9-8-17(7-6-13(11-16(17)18)23-24(19)20)12-4-5-14(21-2)15(10-12)22-3/h4-5,10,13,16,19-20H,6-9,11H2,1-3H3. The number of hydrogen-bond acceptors (Lipinski definition) is 6. The lowest BCUT2D eigenvalue weighted by Gasteiger charge is -2.44. The molecule has 2 N–H and O–H groups in total. The summed E-state index contributed by atoms with van der Waals surface area (Å²) in [7, 11) is 3.14. The Morgan fingerprint density at radius 3 is 2.58 bits per heavy atom. The molecule has 7 heteroatoms. The maximum Gasteiger partial charge on any atom is 0.327 e. The SMILES string of the molecule is COc1ccc(C23CCC(OP(O)O)CC2N(C)CC3)cc1OC. The topological polar surface area (TPSA) is 71.4 Å². The van der Waals surface area contributed by atoms with Crippen LogP contribution in [0.5, 0.6) is 11.5 Å². The molecular formula is C17H26NO5P. The van der Waals surface area contributed by atoms with E-state index in [2.05, 4.69) is 24.1 Å². The molecule has 0 bridgehead atoms. The van der Waals surface area contributed by atoms with E-state index in [9.17, 15) is 9.79 Å². The summed E-state index contributed by atoms with van der Waals surface area (Å²) >= 11 is 0. The molecule has 3 atom stereocenters. The largest absolute Gasteiger partial charge is 0.493 e. The van der Waals surface area contributed by atoms with Crippen molar-refractivity contribution in [1.29, 1.82) is 0 Å². The van der Waals surface area contributed by atoms with Crippen LogP contribution in [0, 0.1) is 0 Å². The lowest BCUT2D eigenvalue weighted by atomic mass is 9.65. The van der Waals surface area contributed by atoms with E-state index in [-0.39, 0.29) is 11.5 Å². The fourth-order valence-corrected chi connectivity index (χ4v) is 4.92. The predicted octanol–water partition coefficient (Wildman–Crippen LogP) is 2.43. The van der Waals surface area contributed by atoms with Gasteiger partial charge in [-0.05, 0) is 57.0 Å². The van der Waals surface area contributed by atoms with Crippen LogP contribution in [0.4, 0.5) is 0 Å². The summed E-state index contributed by atoms with van der Waals surface area (Å²) in [5.74, 6) is 1.49. The summed E-state index contributed by atoms with van der Waals surface area (Å²) in [5, 5.41) is 0. The van der Waals surface area contributed by atoms with Crippen molar-refractivity contribution >= 4 is 8.60 Å². The van der Waals surface area contributed by atoms with Gasteiger partial charge in [-0.2, -0.15) is 0 Å². The smallest absolute Gasteiger partial charge is 0.327 e. The van der Waals surface area contributed by atoms with Crippen LogP contribution in [0.1, 0.15) is 31.2 Å². The van der Waals surface area contributed by atoms with Gasteiger partial charge in [0.1, 0.15) is 0 Å². The second-order valence-electron chi connectivity index (χ2n) is 6.73. The van der Waals surface area contributed by atoms with Gasteiger partial charge in [0.15, 0.2) is 11.5 Å². The van der Waals surface area contributed by atoms with E-state index in [4.69, 9.17) is 14.0 Å². The number of hydrogen-bond donors (Lipinski definition) is 2. The highest BCUT2D eigenvalue weighted by Gasteiger charge is 2.51. The maximum absolute atomic E-state index is 9.17. The van der Waals surface area contributed by atoms with Crippen LogP contribution in [0.25, 0.3) is 0 Å². The molecule has 1 aliphatic heterocycles. The van der Waals surface area contributed by atoms with Crippen LogP contribution in [0.3, 0.4) is 0 Å². The minimum Gasteiger partial charge on any atom is -0.493 e. The third-order valence-electron chi connectivity index (χ3n) is 5.68. The Morgan fingerprint density at radius 2 is 1.92 bits per heavy atom.